The highest BCUT2D eigenvalue weighted by molar-refractivity contribution is 5.92. The number of amides is 1. The van der Waals surface area contributed by atoms with Gasteiger partial charge < -0.3 is 15.4 Å². The zero-order chi connectivity index (χ0) is 13.2. The number of carbonyl (C=O) groups excluding carboxylic acids is 1. The van der Waals surface area contributed by atoms with Gasteiger partial charge in [-0.15, -0.1) is 0 Å². The first-order valence-corrected chi connectivity index (χ1v) is 7.01. The number of benzene rings is 1. The van der Waals surface area contributed by atoms with Crippen molar-refractivity contribution in [2.24, 2.45) is 11.8 Å². The molecule has 0 bridgehead atoms. The lowest BCUT2D eigenvalue weighted by molar-refractivity contribution is -0.119. The van der Waals surface area contributed by atoms with Crippen molar-refractivity contribution in [2.45, 2.75) is 26.3 Å². The average Bonchev–Trinajstić information content (AvgIpc) is 3.24. The maximum absolute atomic E-state index is 12.1. The van der Waals surface area contributed by atoms with E-state index < -0.39 is 0 Å². The van der Waals surface area contributed by atoms with Crippen molar-refractivity contribution in [1.29, 1.82) is 0 Å². The lowest BCUT2D eigenvalue weighted by Gasteiger charge is -2.13. The molecule has 4 heteroatoms. The van der Waals surface area contributed by atoms with E-state index in [1.165, 1.54) is 12.8 Å². The Bertz CT molecular complexity index is 483. The normalized spacial score (nSPS) is 19.8. The lowest BCUT2D eigenvalue weighted by atomic mass is 10.1. The van der Waals surface area contributed by atoms with Gasteiger partial charge in [-0.2, -0.15) is 0 Å². The van der Waals surface area contributed by atoms with Gasteiger partial charge in [-0.25, -0.2) is 0 Å². The molecule has 1 unspecified atom stereocenters. The minimum atomic E-state index is 0.119. The summed E-state index contributed by atoms with van der Waals surface area (Å²) in [7, 11) is 0. The van der Waals surface area contributed by atoms with Crippen LogP contribution in [0.25, 0.3) is 0 Å². The molecule has 4 nitrogen and oxygen atoms in total. The Hall–Kier alpha value is -1.55. The van der Waals surface area contributed by atoms with Crippen LogP contribution in [0.2, 0.25) is 0 Å². The Labute approximate surface area is 113 Å². The van der Waals surface area contributed by atoms with Gasteiger partial charge in [-0.3, -0.25) is 4.79 Å². The first-order valence-electron chi connectivity index (χ1n) is 7.01. The van der Waals surface area contributed by atoms with Gasteiger partial charge in [0, 0.05) is 30.3 Å². The quantitative estimate of drug-likeness (QED) is 0.875. The summed E-state index contributed by atoms with van der Waals surface area (Å²) < 4.78 is 5.63. The Morgan fingerprint density at radius 2 is 2.32 bits per heavy atom. The first kappa shape index (κ1) is 12.5. The Morgan fingerprint density at radius 3 is 3.11 bits per heavy atom. The van der Waals surface area contributed by atoms with Gasteiger partial charge in [-0.1, -0.05) is 6.92 Å². The van der Waals surface area contributed by atoms with E-state index in [1.54, 1.807) is 0 Å². The fourth-order valence-electron chi connectivity index (χ4n) is 2.46. The molecular weight excluding hydrogens is 240 g/mol. The van der Waals surface area contributed by atoms with Gasteiger partial charge in [0.1, 0.15) is 12.4 Å². The number of hydrogen-bond acceptors (Lipinski definition) is 3. The molecule has 19 heavy (non-hydrogen) atoms. The molecule has 0 saturated heterocycles. The predicted octanol–water partition coefficient (Wildman–Crippen LogP) is 2.15. The summed E-state index contributed by atoms with van der Waals surface area (Å²) in [5, 5.41) is 6.31. The number of nitrogens with one attached hydrogen (secondary N) is 2. The number of ether oxygens (including phenoxy) is 1. The van der Waals surface area contributed by atoms with Crippen molar-refractivity contribution in [3.05, 3.63) is 23.8 Å². The smallest absolute Gasteiger partial charge is 0.227 e. The summed E-state index contributed by atoms with van der Waals surface area (Å²) in [6.45, 7) is 4.35. The largest absolute Gasteiger partial charge is 0.492 e. The molecule has 1 aliphatic carbocycles. The van der Waals surface area contributed by atoms with Crippen LogP contribution in [0.5, 0.6) is 5.75 Å². The third-order valence-electron chi connectivity index (χ3n) is 3.92. The standard InChI is InChI=1S/C15H20N2O2/c1-10(11-2-3-11)15(18)17-13-4-5-14-12(8-13)9-16-6-7-19-14/h4-5,8,10-11,16H,2-3,6-7,9H2,1H3,(H,17,18). The molecule has 0 aromatic heterocycles. The molecule has 2 aliphatic rings. The van der Waals surface area contributed by atoms with Crippen LogP contribution in [-0.2, 0) is 11.3 Å². The maximum Gasteiger partial charge on any atom is 0.227 e. The molecule has 1 atom stereocenters. The lowest BCUT2D eigenvalue weighted by Crippen LogP contribution is -2.22. The minimum Gasteiger partial charge on any atom is -0.492 e. The van der Waals surface area contributed by atoms with Crippen LogP contribution in [0.1, 0.15) is 25.3 Å². The van der Waals surface area contributed by atoms with Gasteiger partial charge in [0.15, 0.2) is 0 Å². The van der Waals surface area contributed by atoms with Crippen LogP contribution in [-0.4, -0.2) is 19.1 Å². The Kier molecular flexibility index (Phi) is 3.42. The molecule has 1 heterocycles. The average molecular weight is 260 g/mol. The molecular formula is C15H20N2O2. The third-order valence-corrected chi connectivity index (χ3v) is 3.92. The summed E-state index contributed by atoms with van der Waals surface area (Å²) in [6, 6.07) is 5.87. The molecule has 1 amide bonds. The molecule has 0 radical (unpaired) electrons. The van der Waals surface area contributed by atoms with Crippen molar-refractivity contribution in [3.63, 3.8) is 0 Å². The van der Waals surface area contributed by atoms with Crippen LogP contribution in [0.15, 0.2) is 18.2 Å². The second-order valence-electron chi connectivity index (χ2n) is 5.46. The molecule has 102 valence electrons. The van der Waals surface area contributed by atoms with Crippen LogP contribution >= 0.6 is 0 Å². The minimum absolute atomic E-state index is 0.119. The molecule has 1 aromatic rings. The van der Waals surface area contributed by atoms with Crippen LogP contribution in [0.4, 0.5) is 5.69 Å². The molecule has 1 saturated carbocycles. The zero-order valence-corrected chi connectivity index (χ0v) is 11.2. The number of fused-ring (bicyclic) bond motifs is 1. The van der Waals surface area contributed by atoms with E-state index in [9.17, 15) is 4.79 Å². The molecule has 1 aliphatic heterocycles. The monoisotopic (exact) mass is 260 g/mol. The first-order chi connectivity index (χ1) is 9.24. The van der Waals surface area contributed by atoms with E-state index >= 15 is 0 Å². The number of anilines is 1. The van der Waals surface area contributed by atoms with Crippen molar-refractivity contribution < 1.29 is 9.53 Å². The second-order valence-corrected chi connectivity index (χ2v) is 5.46. The van der Waals surface area contributed by atoms with Crippen LogP contribution in [0, 0.1) is 11.8 Å². The Morgan fingerprint density at radius 1 is 1.47 bits per heavy atom. The van der Waals surface area contributed by atoms with E-state index in [1.807, 2.05) is 25.1 Å². The maximum atomic E-state index is 12.1. The van der Waals surface area contributed by atoms with Crippen molar-refractivity contribution in [1.82, 2.24) is 5.32 Å². The van der Waals surface area contributed by atoms with Gasteiger partial charge >= 0.3 is 0 Å². The highest BCUT2D eigenvalue weighted by atomic mass is 16.5. The molecule has 0 spiro atoms. The van der Waals surface area contributed by atoms with Crippen LogP contribution < -0.4 is 15.4 Å². The van der Waals surface area contributed by atoms with E-state index in [-0.39, 0.29) is 11.8 Å². The zero-order valence-electron chi connectivity index (χ0n) is 11.2. The third kappa shape index (κ3) is 2.89. The van der Waals surface area contributed by atoms with Gasteiger partial charge in [-0.05, 0) is 37.0 Å². The SMILES string of the molecule is CC(C(=O)Nc1ccc2c(c1)CNCCO2)C1CC1. The fourth-order valence-corrected chi connectivity index (χ4v) is 2.46. The van der Waals surface area contributed by atoms with E-state index in [0.717, 1.165) is 30.1 Å². The topological polar surface area (TPSA) is 50.4 Å². The summed E-state index contributed by atoms with van der Waals surface area (Å²) in [6.07, 6.45) is 2.38. The van der Waals surface area contributed by atoms with E-state index in [2.05, 4.69) is 10.6 Å². The van der Waals surface area contributed by atoms with Gasteiger partial charge in [0.05, 0.1) is 0 Å². The molecule has 2 N–H and O–H groups in total. The second kappa shape index (κ2) is 5.21. The molecule has 1 fully saturated rings. The van der Waals surface area contributed by atoms with Crippen molar-refractivity contribution in [2.75, 3.05) is 18.5 Å². The number of hydrogen-bond donors (Lipinski definition) is 2. The van der Waals surface area contributed by atoms with Gasteiger partial charge in [0.2, 0.25) is 5.91 Å². The summed E-state index contributed by atoms with van der Waals surface area (Å²) in [4.78, 5) is 12.1. The van der Waals surface area contributed by atoms with Crippen molar-refractivity contribution in [3.8, 4) is 5.75 Å². The van der Waals surface area contributed by atoms with Gasteiger partial charge in [0.25, 0.3) is 0 Å². The van der Waals surface area contributed by atoms with Crippen molar-refractivity contribution >= 4 is 11.6 Å². The van der Waals surface area contributed by atoms with E-state index in [0.29, 0.717) is 12.5 Å². The predicted molar refractivity (Wildman–Crippen MR) is 74.2 cm³/mol. The van der Waals surface area contributed by atoms with Crippen LogP contribution in [0.3, 0.4) is 0 Å². The highest BCUT2D eigenvalue weighted by Crippen LogP contribution is 2.37. The summed E-state index contributed by atoms with van der Waals surface area (Å²) >= 11 is 0. The highest BCUT2D eigenvalue weighted by Gasteiger charge is 2.32. The number of carbonyl (C=O) groups is 1. The number of rotatable bonds is 3. The van der Waals surface area contributed by atoms with E-state index in [4.69, 9.17) is 4.74 Å². The Balaban J connectivity index is 1.70. The summed E-state index contributed by atoms with van der Waals surface area (Å²) in [5.74, 6) is 1.75. The summed E-state index contributed by atoms with van der Waals surface area (Å²) in [5.41, 5.74) is 1.97. The molecule has 1 aromatic carbocycles. The molecule has 3 rings (SSSR count). The fraction of sp³-hybridized carbons (Fsp3) is 0.533.